The Hall–Kier alpha value is -2.58. The maximum atomic E-state index is 13.1. The molecular formula is C25H34N6O2. The molecule has 2 aromatic heterocycles. The molecule has 8 heteroatoms. The number of aromatic nitrogens is 5. The van der Waals surface area contributed by atoms with Crippen molar-refractivity contribution in [2.45, 2.75) is 82.8 Å². The number of rotatable bonds is 8. The lowest BCUT2D eigenvalue weighted by Crippen LogP contribution is -2.47. The zero-order chi connectivity index (χ0) is 22.8. The number of pyridine rings is 1. The third-order valence-electron chi connectivity index (χ3n) is 7.73. The highest BCUT2D eigenvalue weighted by atomic mass is 16.3. The van der Waals surface area contributed by atoms with Crippen molar-refractivity contribution in [3.05, 3.63) is 51.6 Å². The van der Waals surface area contributed by atoms with Crippen molar-refractivity contribution in [1.82, 2.24) is 30.1 Å². The van der Waals surface area contributed by atoms with Crippen molar-refractivity contribution >= 4 is 10.9 Å². The SMILES string of the molecule is Cc1cccc2cc(CN(CCCO)C3(c4nnnn4C4CCCC4)CCCC3)c(=O)[nH]c12. The van der Waals surface area contributed by atoms with Crippen LogP contribution in [0.5, 0.6) is 0 Å². The second-order valence-corrected chi connectivity index (χ2v) is 9.79. The number of nitrogens with zero attached hydrogens (tertiary/aromatic N) is 5. The molecule has 0 radical (unpaired) electrons. The van der Waals surface area contributed by atoms with E-state index in [-0.39, 0.29) is 17.7 Å². The third-order valence-corrected chi connectivity index (χ3v) is 7.73. The summed E-state index contributed by atoms with van der Waals surface area (Å²) < 4.78 is 2.08. The molecule has 176 valence electrons. The van der Waals surface area contributed by atoms with Crippen LogP contribution in [0.3, 0.4) is 0 Å². The number of tetrazole rings is 1. The minimum atomic E-state index is -0.310. The van der Waals surface area contributed by atoms with Crippen LogP contribution in [-0.2, 0) is 12.1 Å². The van der Waals surface area contributed by atoms with Gasteiger partial charge < -0.3 is 10.1 Å². The normalized spacial score (nSPS) is 18.6. The van der Waals surface area contributed by atoms with Crippen LogP contribution in [0.15, 0.2) is 29.1 Å². The van der Waals surface area contributed by atoms with Crippen LogP contribution in [0, 0.1) is 6.92 Å². The Morgan fingerprint density at radius 1 is 1.21 bits per heavy atom. The van der Waals surface area contributed by atoms with E-state index in [9.17, 15) is 9.90 Å². The molecule has 2 fully saturated rings. The number of hydrogen-bond acceptors (Lipinski definition) is 6. The molecule has 0 unspecified atom stereocenters. The molecule has 2 N–H and O–H groups in total. The molecule has 0 bridgehead atoms. The number of nitrogens with one attached hydrogen (secondary N) is 1. The van der Waals surface area contributed by atoms with Gasteiger partial charge in [-0.2, -0.15) is 0 Å². The number of benzene rings is 1. The van der Waals surface area contributed by atoms with Gasteiger partial charge in [0, 0.05) is 25.3 Å². The summed E-state index contributed by atoms with van der Waals surface area (Å²) in [5.41, 5.74) is 2.35. The molecule has 2 aliphatic rings. The summed E-state index contributed by atoms with van der Waals surface area (Å²) in [4.78, 5) is 18.6. The van der Waals surface area contributed by atoms with Crippen LogP contribution in [0.25, 0.3) is 10.9 Å². The van der Waals surface area contributed by atoms with Crippen LogP contribution < -0.4 is 5.56 Å². The Kier molecular flexibility index (Phi) is 6.29. The van der Waals surface area contributed by atoms with E-state index in [0.717, 1.165) is 66.4 Å². The summed E-state index contributed by atoms with van der Waals surface area (Å²) in [5.74, 6) is 0.943. The lowest BCUT2D eigenvalue weighted by molar-refractivity contribution is 0.0589. The van der Waals surface area contributed by atoms with E-state index in [2.05, 4.69) is 30.1 Å². The van der Waals surface area contributed by atoms with Crippen molar-refractivity contribution in [2.75, 3.05) is 13.2 Å². The predicted molar refractivity (Wildman–Crippen MR) is 127 cm³/mol. The van der Waals surface area contributed by atoms with Gasteiger partial charge in [0.25, 0.3) is 5.56 Å². The Morgan fingerprint density at radius 2 is 2.00 bits per heavy atom. The van der Waals surface area contributed by atoms with Gasteiger partial charge in [-0.25, -0.2) is 4.68 Å². The molecule has 2 aliphatic carbocycles. The Labute approximate surface area is 194 Å². The topological polar surface area (TPSA) is 99.9 Å². The maximum absolute atomic E-state index is 13.1. The monoisotopic (exact) mass is 450 g/mol. The Bertz CT molecular complexity index is 1160. The van der Waals surface area contributed by atoms with Gasteiger partial charge in [0.2, 0.25) is 0 Å². The van der Waals surface area contributed by atoms with Gasteiger partial charge in [-0.15, -0.1) is 5.10 Å². The largest absolute Gasteiger partial charge is 0.396 e. The number of aliphatic hydroxyl groups is 1. The first-order valence-electron chi connectivity index (χ1n) is 12.4. The van der Waals surface area contributed by atoms with Gasteiger partial charge in [-0.3, -0.25) is 9.69 Å². The van der Waals surface area contributed by atoms with E-state index >= 15 is 0 Å². The lowest BCUT2D eigenvalue weighted by atomic mass is 9.92. The molecule has 5 rings (SSSR count). The van der Waals surface area contributed by atoms with Gasteiger partial charge in [0.15, 0.2) is 5.82 Å². The number of hydrogen-bond donors (Lipinski definition) is 2. The van der Waals surface area contributed by atoms with Crippen LogP contribution in [0.1, 0.15) is 80.8 Å². The van der Waals surface area contributed by atoms with Gasteiger partial charge in [0.05, 0.1) is 17.1 Å². The van der Waals surface area contributed by atoms with Gasteiger partial charge in [-0.1, -0.05) is 43.9 Å². The van der Waals surface area contributed by atoms with Crippen molar-refractivity contribution in [3.8, 4) is 0 Å². The van der Waals surface area contributed by atoms with E-state index < -0.39 is 0 Å². The van der Waals surface area contributed by atoms with E-state index in [1.807, 2.05) is 31.2 Å². The van der Waals surface area contributed by atoms with Crippen molar-refractivity contribution in [3.63, 3.8) is 0 Å². The molecule has 2 heterocycles. The maximum Gasteiger partial charge on any atom is 0.252 e. The van der Waals surface area contributed by atoms with Crippen molar-refractivity contribution in [2.24, 2.45) is 0 Å². The zero-order valence-electron chi connectivity index (χ0n) is 19.5. The molecule has 0 amide bonds. The summed E-state index contributed by atoms with van der Waals surface area (Å²) in [5, 5.41) is 23.8. The molecule has 0 atom stereocenters. The van der Waals surface area contributed by atoms with Crippen LogP contribution >= 0.6 is 0 Å². The fourth-order valence-electron chi connectivity index (χ4n) is 5.99. The van der Waals surface area contributed by atoms with Gasteiger partial charge >= 0.3 is 0 Å². The average Bonchev–Trinajstić information content (AvgIpc) is 3.59. The van der Waals surface area contributed by atoms with E-state index in [1.54, 1.807) is 0 Å². The predicted octanol–water partition coefficient (Wildman–Crippen LogP) is 3.59. The summed E-state index contributed by atoms with van der Waals surface area (Å²) in [7, 11) is 0. The first kappa shape index (κ1) is 22.2. The summed E-state index contributed by atoms with van der Waals surface area (Å²) >= 11 is 0. The van der Waals surface area contributed by atoms with Gasteiger partial charge in [-0.05, 0) is 66.5 Å². The standard InChI is InChI=1S/C25H34N6O2/c1-18-8-6-9-19-16-20(23(33)26-22(18)19)17-30(14-7-15-32)25(12-4-5-13-25)24-27-28-29-31(24)21-10-2-3-11-21/h6,8-9,16,21,32H,2-5,7,10-15,17H2,1H3,(H,26,33). The number of H-pyrrole nitrogens is 1. The summed E-state index contributed by atoms with van der Waals surface area (Å²) in [6, 6.07) is 8.47. The number of para-hydroxylation sites is 1. The smallest absolute Gasteiger partial charge is 0.252 e. The fraction of sp³-hybridized carbons (Fsp3) is 0.600. The molecule has 2 saturated carbocycles. The van der Waals surface area contributed by atoms with Crippen LogP contribution in [0.2, 0.25) is 0 Å². The molecule has 0 aliphatic heterocycles. The molecule has 0 spiro atoms. The van der Waals surface area contributed by atoms with E-state index in [4.69, 9.17) is 0 Å². The highest BCUT2D eigenvalue weighted by molar-refractivity contribution is 5.81. The van der Waals surface area contributed by atoms with Crippen molar-refractivity contribution < 1.29 is 5.11 Å². The first-order valence-corrected chi connectivity index (χ1v) is 12.4. The molecule has 3 aromatic rings. The van der Waals surface area contributed by atoms with Crippen LogP contribution in [-0.4, -0.2) is 48.3 Å². The second kappa shape index (κ2) is 9.35. The van der Waals surface area contributed by atoms with Crippen LogP contribution in [0.4, 0.5) is 0 Å². The average molecular weight is 451 g/mol. The highest BCUT2D eigenvalue weighted by Gasteiger charge is 2.46. The van der Waals surface area contributed by atoms with Gasteiger partial charge in [0.1, 0.15) is 0 Å². The Morgan fingerprint density at radius 3 is 2.76 bits per heavy atom. The molecule has 0 saturated heterocycles. The molecule has 8 nitrogen and oxygen atoms in total. The number of fused-ring (bicyclic) bond motifs is 1. The fourth-order valence-corrected chi connectivity index (χ4v) is 5.99. The number of aromatic amines is 1. The highest BCUT2D eigenvalue weighted by Crippen LogP contribution is 2.45. The quantitative estimate of drug-likeness (QED) is 0.544. The van der Waals surface area contributed by atoms with E-state index in [1.165, 1.54) is 12.8 Å². The first-order chi connectivity index (χ1) is 16.1. The number of aliphatic hydroxyl groups excluding tert-OH is 1. The zero-order valence-corrected chi connectivity index (χ0v) is 19.5. The summed E-state index contributed by atoms with van der Waals surface area (Å²) in [6.45, 7) is 3.34. The minimum Gasteiger partial charge on any atom is -0.396 e. The third kappa shape index (κ3) is 4.10. The van der Waals surface area contributed by atoms with Crippen molar-refractivity contribution in [1.29, 1.82) is 0 Å². The Balaban J connectivity index is 1.55. The molecule has 33 heavy (non-hydrogen) atoms. The summed E-state index contributed by atoms with van der Waals surface area (Å²) in [6.07, 6.45) is 9.49. The molecular weight excluding hydrogens is 416 g/mol. The lowest BCUT2D eigenvalue weighted by Gasteiger charge is -2.40. The van der Waals surface area contributed by atoms with E-state index in [0.29, 0.717) is 25.6 Å². The second-order valence-electron chi connectivity index (χ2n) is 9.79. The minimum absolute atomic E-state index is 0.0469. The number of aryl methyl sites for hydroxylation is 1. The molecule has 1 aromatic carbocycles.